The zero-order valence-electron chi connectivity index (χ0n) is 27.7. The van der Waals surface area contributed by atoms with Gasteiger partial charge in [0.25, 0.3) is 0 Å². The Morgan fingerprint density at radius 1 is 0.304 bits per heavy atom. The van der Waals surface area contributed by atoms with Crippen molar-refractivity contribution < 1.29 is 0 Å². The number of fused-ring (bicyclic) bond motifs is 5. The van der Waals surface area contributed by atoms with Gasteiger partial charge in [-0.25, -0.2) is 0 Å². The van der Waals surface area contributed by atoms with E-state index in [0.717, 1.165) is 0 Å². The standard InChI is InChI=1S/C46H40/c1-45(2,3)37-19-15-29(16-20-37)43-39-25-33-13-9-10-14-34(33)26-40(39)44(30-17-21-38(22-18-30)46(4,5)6)42-28-36-24-32-12-8-7-11-31(32)23-35(36)27-41(42)43/h7-28H,1-6H3. The molecule has 0 unspecified atom stereocenters. The molecule has 0 aliphatic heterocycles. The summed E-state index contributed by atoms with van der Waals surface area (Å²) in [5.41, 5.74) is 8.02. The van der Waals surface area contributed by atoms with Crippen molar-refractivity contribution in [3.8, 4) is 22.3 Å². The van der Waals surface area contributed by atoms with Crippen LogP contribution >= 0.6 is 0 Å². The molecule has 0 aliphatic carbocycles. The summed E-state index contributed by atoms with van der Waals surface area (Å²) in [4.78, 5) is 0. The third kappa shape index (κ3) is 4.76. The highest BCUT2D eigenvalue weighted by atomic mass is 14.2. The summed E-state index contributed by atoms with van der Waals surface area (Å²) in [6.45, 7) is 13.7. The Hall–Kier alpha value is -4.94. The summed E-state index contributed by atoms with van der Waals surface area (Å²) in [7, 11) is 0. The Kier molecular flexibility index (Phi) is 6.38. The maximum absolute atomic E-state index is 2.45. The summed E-state index contributed by atoms with van der Waals surface area (Å²) < 4.78 is 0. The smallest absolute Gasteiger partial charge is 0.00259 e. The van der Waals surface area contributed by atoms with Crippen LogP contribution in [0.25, 0.3) is 76.1 Å². The molecule has 0 fully saturated rings. The predicted octanol–water partition coefficient (Wildman–Crippen LogP) is 13.4. The first-order chi connectivity index (χ1) is 22.0. The first kappa shape index (κ1) is 28.5. The first-order valence-corrected chi connectivity index (χ1v) is 16.5. The predicted molar refractivity (Wildman–Crippen MR) is 202 cm³/mol. The van der Waals surface area contributed by atoms with E-state index in [0.29, 0.717) is 0 Å². The van der Waals surface area contributed by atoms with Crippen molar-refractivity contribution >= 4 is 53.9 Å². The van der Waals surface area contributed by atoms with Crippen LogP contribution in [0.2, 0.25) is 0 Å². The summed E-state index contributed by atoms with van der Waals surface area (Å²) >= 11 is 0. The molecule has 0 bridgehead atoms. The van der Waals surface area contributed by atoms with Crippen LogP contribution < -0.4 is 0 Å². The van der Waals surface area contributed by atoms with Gasteiger partial charge >= 0.3 is 0 Å². The topological polar surface area (TPSA) is 0 Å². The fourth-order valence-electron chi connectivity index (χ4n) is 7.25. The molecule has 0 saturated carbocycles. The quantitative estimate of drug-likeness (QED) is 0.175. The molecule has 0 saturated heterocycles. The van der Waals surface area contributed by atoms with E-state index in [9.17, 15) is 0 Å². The third-order valence-corrected chi connectivity index (χ3v) is 9.88. The highest BCUT2D eigenvalue weighted by molar-refractivity contribution is 6.25. The molecule has 0 atom stereocenters. The SMILES string of the molecule is CC(C)(C)c1ccc(-c2c3cc4ccccc4cc3c(-c3ccc(C(C)(C)C)cc3)c3cc4cc5ccccc5cc4cc23)cc1. The van der Waals surface area contributed by atoms with Gasteiger partial charge in [-0.05, 0) is 134 Å². The fraction of sp³-hybridized carbons (Fsp3) is 0.174. The van der Waals surface area contributed by atoms with Crippen molar-refractivity contribution in [3.63, 3.8) is 0 Å². The van der Waals surface area contributed by atoms with Gasteiger partial charge in [0.05, 0.1) is 0 Å². The third-order valence-electron chi connectivity index (χ3n) is 9.88. The van der Waals surface area contributed by atoms with Crippen LogP contribution in [-0.2, 0) is 10.8 Å². The molecular weight excluding hydrogens is 553 g/mol. The summed E-state index contributed by atoms with van der Waals surface area (Å²) in [6.07, 6.45) is 0. The molecule has 8 rings (SSSR count). The van der Waals surface area contributed by atoms with E-state index in [1.54, 1.807) is 0 Å². The number of hydrogen-bond donors (Lipinski definition) is 0. The average Bonchev–Trinajstić information content (AvgIpc) is 3.04. The zero-order chi connectivity index (χ0) is 31.8. The van der Waals surface area contributed by atoms with Crippen LogP contribution in [0.15, 0.2) is 133 Å². The van der Waals surface area contributed by atoms with Gasteiger partial charge < -0.3 is 0 Å². The molecule has 224 valence electrons. The Morgan fingerprint density at radius 2 is 0.587 bits per heavy atom. The van der Waals surface area contributed by atoms with Gasteiger partial charge in [0.15, 0.2) is 0 Å². The lowest BCUT2D eigenvalue weighted by Crippen LogP contribution is -2.10. The van der Waals surface area contributed by atoms with Crippen molar-refractivity contribution in [2.24, 2.45) is 0 Å². The van der Waals surface area contributed by atoms with E-state index in [2.05, 4.69) is 175 Å². The van der Waals surface area contributed by atoms with Crippen LogP contribution in [0.3, 0.4) is 0 Å². The highest BCUT2D eigenvalue weighted by Gasteiger charge is 2.21. The van der Waals surface area contributed by atoms with Crippen LogP contribution in [-0.4, -0.2) is 0 Å². The molecule has 0 amide bonds. The summed E-state index contributed by atoms with van der Waals surface area (Å²) in [6, 6.07) is 50.6. The average molecular weight is 593 g/mol. The second-order valence-electron chi connectivity index (χ2n) is 15.1. The van der Waals surface area contributed by atoms with E-state index in [-0.39, 0.29) is 10.8 Å². The number of rotatable bonds is 2. The largest absolute Gasteiger partial charge is 0.0616 e. The molecule has 0 heterocycles. The lowest BCUT2D eigenvalue weighted by molar-refractivity contribution is 0.590. The van der Waals surface area contributed by atoms with E-state index in [1.807, 2.05) is 0 Å². The summed E-state index contributed by atoms with van der Waals surface area (Å²) in [5, 5.41) is 12.8. The molecule has 0 aromatic heterocycles. The molecule has 8 aromatic carbocycles. The van der Waals surface area contributed by atoms with Crippen molar-refractivity contribution in [2.45, 2.75) is 52.4 Å². The molecule has 0 spiro atoms. The van der Waals surface area contributed by atoms with Gasteiger partial charge in [-0.2, -0.15) is 0 Å². The molecule has 0 heteroatoms. The molecule has 0 aliphatic rings. The van der Waals surface area contributed by atoms with Crippen LogP contribution in [0, 0.1) is 0 Å². The molecule has 0 N–H and O–H groups in total. The number of benzene rings is 8. The second-order valence-corrected chi connectivity index (χ2v) is 15.1. The molecule has 8 aromatic rings. The second kappa shape index (κ2) is 10.3. The first-order valence-electron chi connectivity index (χ1n) is 16.5. The minimum atomic E-state index is 0.0964. The van der Waals surface area contributed by atoms with Crippen LogP contribution in [0.4, 0.5) is 0 Å². The Bertz CT molecular complexity index is 2270. The Balaban J connectivity index is 1.55. The van der Waals surface area contributed by atoms with Gasteiger partial charge in [0, 0.05) is 0 Å². The molecule has 0 nitrogen and oxygen atoms in total. The van der Waals surface area contributed by atoms with Crippen molar-refractivity contribution in [2.75, 3.05) is 0 Å². The van der Waals surface area contributed by atoms with Gasteiger partial charge in [0.1, 0.15) is 0 Å². The van der Waals surface area contributed by atoms with Crippen LogP contribution in [0.5, 0.6) is 0 Å². The highest BCUT2D eigenvalue weighted by Crippen LogP contribution is 2.47. The van der Waals surface area contributed by atoms with Gasteiger partial charge in [-0.1, -0.05) is 139 Å². The minimum absolute atomic E-state index is 0.0964. The zero-order valence-corrected chi connectivity index (χ0v) is 27.7. The minimum Gasteiger partial charge on any atom is -0.0616 e. The normalized spacial score (nSPS) is 12.6. The van der Waals surface area contributed by atoms with E-state index >= 15 is 0 Å². The maximum Gasteiger partial charge on any atom is -0.00259 e. The maximum atomic E-state index is 2.45. The number of hydrogen-bond acceptors (Lipinski definition) is 0. The summed E-state index contributed by atoms with van der Waals surface area (Å²) in [5.74, 6) is 0. The lowest BCUT2D eigenvalue weighted by Gasteiger charge is -2.22. The molecular formula is C46H40. The van der Waals surface area contributed by atoms with E-state index in [1.165, 1.54) is 87.2 Å². The monoisotopic (exact) mass is 592 g/mol. The van der Waals surface area contributed by atoms with E-state index < -0.39 is 0 Å². The van der Waals surface area contributed by atoms with Crippen molar-refractivity contribution in [3.05, 3.63) is 145 Å². The molecule has 46 heavy (non-hydrogen) atoms. The fourth-order valence-corrected chi connectivity index (χ4v) is 7.25. The Labute approximate surface area is 272 Å². The van der Waals surface area contributed by atoms with Gasteiger partial charge in [0.2, 0.25) is 0 Å². The lowest BCUT2D eigenvalue weighted by atomic mass is 9.81. The molecule has 0 radical (unpaired) electrons. The van der Waals surface area contributed by atoms with Gasteiger partial charge in [-0.15, -0.1) is 0 Å². The van der Waals surface area contributed by atoms with Crippen LogP contribution in [0.1, 0.15) is 52.7 Å². The van der Waals surface area contributed by atoms with Gasteiger partial charge in [-0.3, -0.25) is 0 Å². The van der Waals surface area contributed by atoms with Crippen molar-refractivity contribution in [1.82, 2.24) is 0 Å². The van der Waals surface area contributed by atoms with E-state index in [4.69, 9.17) is 0 Å². The van der Waals surface area contributed by atoms with Crippen molar-refractivity contribution in [1.29, 1.82) is 0 Å². The Morgan fingerprint density at radius 3 is 0.891 bits per heavy atom.